The van der Waals surface area contributed by atoms with E-state index in [4.69, 9.17) is 16.3 Å². The molecule has 2 heterocycles. The van der Waals surface area contributed by atoms with Crippen LogP contribution in [0.25, 0.3) is 0 Å². The molecule has 0 amide bonds. The lowest BCUT2D eigenvalue weighted by Crippen LogP contribution is -2.45. The average Bonchev–Trinajstić information content (AvgIpc) is 2.64. The molecule has 1 aliphatic rings. The molecule has 0 bridgehead atoms. The SMILES string of the molecule is CCn1nc(C)c(Cl)c1COC1(C)CCCNC1. The van der Waals surface area contributed by atoms with Crippen LogP contribution in [-0.4, -0.2) is 28.5 Å². The summed E-state index contributed by atoms with van der Waals surface area (Å²) in [4.78, 5) is 0. The fraction of sp³-hybridized carbons (Fsp3) is 0.769. The van der Waals surface area contributed by atoms with Crippen LogP contribution in [-0.2, 0) is 17.9 Å². The minimum Gasteiger partial charge on any atom is -0.368 e. The zero-order valence-electron chi connectivity index (χ0n) is 11.4. The number of hydrogen-bond acceptors (Lipinski definition) is 3. The summed E-state index contributed by atoms with van der Waals surface area (Å²) in [5, 5.41) is 8.52. The quantitative estimate of drug-likeness (QED) is 0.915. The van der Waals surface area contributed by atoms with Gasteiger partial charge in [-0.3, -0.25) is 4.68 Å². The molecule has 1 fully saturated rings. The highest BCUT2D eigenvalue weighted by Gasteiger charge is 2.28. The van der Waals surface area contributed by atoms with Crippen molar-refractivity contribution in [3.8, 4) is 0 Å². The highest BCUT2D eigenvalue weighted by molar-refractivity contribution is 6.31. The molecule has 0 aliphatic carbocycles. The van der Waals surface area contributed by atoms with E-state index in [9.17, 15) is 0 Å². The van der Waals surface area contributed by atoms with Gasteiger partial charge in [-0.25, -0.2) is 0 Å². The van der Waals surface area contributed by atoms with E-state index in [1.165, 1.54) is 0 Å². The Labute approximate surface area is 114 Å². The highest BCUT2D eigenvalue weighted by Crippen LogP contribution is 2.26. The second-order valence-corrected chi connectivity index (χ2v) is 5.56. The number of nitrogens with one attached hydrogen (secondary N) is 1. The fourth-order valence-corrected chi connectivity index (χ4v) is 2.59. The molecule has 0 aromatic carbocycles. The molecule has 4 nitrogen and oxygen atoms in total. The van der Waals surface area contributed by atoms with E-state index < -0.39 is 0 Å². The van der Waals surface area contributed by atoms with E-state index in [0.717, 1.165) is 48.9 Å². The second-order valence-electron chi connectivity index (χ2n) is 5.18. The Hall–Kier alpha value is -0.580. The molecule has 0 radical (unpaired) electrons. The van der Waals surface area contributed by atoms with Crippen molar-refractivity contribution in [2.75, 3.05) is 13.1 Å². The van der Waals surface area contributed by atoms with Crippen molar-refractivity contribution in [2.45, 2.75) is 52.4 Å². The maximum Gasteiger partial charge on any atom is 0.0908 e. The van der Waals surface area contributed by atoms with E-state index in [1.54, 1.807) is 0 Å². The van der Waals surface area contributed by atoms with E-state index in [1.807, 2.05) is 11.6 Å². The molecule has 1 saturated heterocycles. The Morgan fingerprint density at radius 2 is 2.33 bits per heavy atom. The maximum absolute atomic E-state index is 6.28. The second kappa shape index (κ2) is 5.59. The number of piperidine rings is 1. The molecule has 1 N–H and O–H groups in total. The number of rotatable bonds is 4. The minimum absolute atomic E-state index is 0.0850. The maximum atomic E-state index is 6.28. The van der Waals surface area contributed by atoms with Crippen molar-refractivity contribution in [3.05, 3.63) is 16.4 Å². The van der Waals surface area contributed by atoms with Crippen LogP contribution < -0.4 is 5.32 Å². The lowest BCUT2D eigenvalue weighted by Gasteiger charge is -2.34. The molecular formula is C13H22ClN3O. The predicted molar refractivity (Wildman–Crippen MR) is 72.9 cm³/mol. The highest BCUT2D eigenvalue weighted by atomic mass is 35.5. The third kappa shape index (κ3) is 2.87. The summed E-state index contributed by atoms with van der Waals surface area (Å²) < 4.78 is 8.01. The molecule has 18 heavy (non-hydrogen) atoms. The molecule has 5 heteroatoms. The van der Waals surface area contributed by atoms with E-state index in [-0.39, 0.29) is 5.60 Å². The summed E-state index contributed by atoms with van der Waals surface area (Å²) >= 11 is 6.28. The first-order chi connectivity index (χ1) is 8.56. The Kier molecular flexibility index (Phi) is 4.30. The molecule has 1 aliphatic heterocycles. The summed E-state index contributed by atoms with van der Waals surface area (Å²) in [5.74, 6) is 0. The van der Waals surface area contributed by atoms with Crippen LogP contribution in [0.2, 0.25) is 5.02 Å². The number of hydrogen-bond donors (Lipinski definition) is 1. The number of aryl methyl sites for hydroxylation is 2. The van der Waals surface area contributed by atoms with Gasteiger partial charge in [0.25, 0.3) is 0 Å². The molecule has 1 atom stereocenters. The van der Waals surface area contributed by atoms with Gasteiger partial charge in [0.05, 0.1) is 28.6 Å². The van der Waals surface area contributed by atoms with E-state index in [2.05, 4.69) is 24.3 Å². The van der Waals surface area contributed by atoms with Crippen molar-refractivity contribution in [1.82, 2.24) is 15.1 Å². The van der Waals surface area contributed by atoms with Crippen LogP contribution in [0.5, 0.6) is 0 Å². The van der Waals surface area contributed by atoms with Crippen LogP contribution in [0.3, 0.4) is 0 Å². The van der Waals surface area contributed by atoms with Gasteiger partial charge in [0.1, 0.15) is 0 Å². The molecule has 0 saturated carbocycles. The Morgan fingerprint density at radius 1 is 1.56 bits per heavy atom. The van der Waals surface area contributed by atoms with Crippen LogP contribution in [0.1, 0.15) is 38.1 Å². The lowest BCUT2D eigenvalue weighted by molar-refractivity contribution is -0.0594. The third-order valence-electron chi connectivity index (χ3n) is 3.57. The first kappa shape index (κ1) is 13.8. The van der Waals surface area contributed by atoms with Crippen molar-refractivity contribution >= 4 is 11.6 Å². The van der Waals surface area contributed by atoms with Gasteiger partial charge in [-0.15, -0.1) is 0 Å². The van der Waals surface area contributed by atoms with Crippen molar-refractivity contribution in [1.29, 1.82) is 0 Å². The monoisotopic (exact) mass is 271 g/mol. The number of halogens is 1. The summed E-state index contributed by atoms with van der Waals surface area (Å²) in [5.41, 5.74) is 1.78. The molecule has 1 unspecified atom stereocenters. The Balaban J connectivity index is 2.05. The first-order valence-corrected chi connectivity index (χ1v) is 7.00. The van der Waals surface area contributed by atoms with Gasteiger partial charge in [-0.2, -0.15) is 5.10 Å². The molecular weight excluding hydrogens is 250 g/mol. The van der Waals surface area contributed by atoms with Crippen LogP contribution in [0.15, 0.2) is 0 Å². The third-order valence-corrected chi connectivity index (χ3v) is 4.06. The number of aromatic nitrogens is 2. The molecule has 0 spiro atoms. The average molecular weight is 272 g/mol. The molecule has 102 valence electrons. The van der Waals surface area contributed by atoms with Crippen LogP contribution in [0.4, 0.5) is 0 Å². The van der Waals surface area contributed by atoms with E-state index in [0.29, 0.717) is 6.61 Å². The van der Waals surface area contributed by atoms with Crippen LogP contribution in [0, 0.1) is 6.92 Å². The van der Waals surface area contributed by atoms with Gasteiger partial charge in [-0.05, 0) is 40.2 Å². The fourth-order valence-electron chi connectivity index (χ4n) is 2.40. The number of nitrogens with zero attached hydrogens (tertiary/aromatic N) is 2. The molecule has 2 rings (SSSR count). The standard InChI is InChI=1S/C13H22ClN3O/c1-4-17-11(12(14)10(2)16-17)8-18-13(3)6-5-7-15-9-13/h15H,4-9H2,1-3H3. The zero-order chi connectivity index (χ0) is 13.2. The Bertz CT molecular complexity index is 411. The van der Waals surface area contributed by atoms with Gasteiger partial charge in [0.2, 0.25) is 0 Å². The molecule has 1 aromatic rings. The van der Waals surface area contributed by atoms with Gasteiger partial charge in [0, 0.05) is 13.1 Å². The lowest BCUT2D eigenvalue weighted by atomic mass is 9.96. The zero-order valence-corrected chi connectivity index (χ0v) is 12.2. The minimum atomic E-state index is -0.0850. The van der Waals surface area contributed by atoms with Gasteiger partial charge in [-0.1, -0.05) is 11.6 Å². The van der Waals surface area contributed by atoms with Gasteiger partial charge < -0.3 is 10.1 Å². The first-order valence-electron chi connectivity index (χ1n) is 6.62. The summed E-state index contributed by atoms with van der Waals surface area (Å²) in [7, 11) is 0. The van der Waals surface area contributed by atoms with Gasteiger partial charge >= 0.3 is 0 Å². The van der Waals surface area contributed by atoms with Crippen molar-refractivity contribution < 1.29 is 4.74 Å². The van der Waals surface area contributed by atoms with Crippen molar-refractivity contribution in [2.24, 2.45) is 0 Å². The summed E-state index contributed by atoms with van der Waals surface area (Å²) in [6.07, 6.45) is 2.26. The summed E-state index contributed by atoms with van der Waals surface area (Å²) in [6.45, 7) is 9.51. The number of ether oxygens (including phenoxy) is 1. The van der Waals surface area contributed by atoms with E-state index >= 15 is 0 Å². The Morgan fingerprint density at radius 3 is 2.94 bits per heavy atom. The smallest absolute Gasteiger partial charge is 0.0908 e. The van der Waals surface area contributed by atoms with Crippen LogP contribution >= 0.6 is 11.6 Å². The van der Waals surface area contributed by atoms with Gasteiger partial charge in [0.15, 0.2) is 0 Å². The normalized spacial score (nSPS) is 24.4. The summed E-state index contributed by atoms with van der Waals surface area (Å²) in [6, 6.07) is 0. The molecule has 1 aromatic heterocycles. The predicted octanol–water partition coefficient (Wildman–Crippen LogP) is 2.52. The topological polar surface area (TPSA) is 39.1 Å². The van der Waals surface area contributed by atoms with Crippen molar-refractivity contribution in [3.63, 3.8) is 0 Å². The largest absolute Gasteiger partial charge is 0.368 e.